The van der Waals surface area contributed by atoms with Crippen molar-refractivity contribution >= 4 is 11.7 Å². The predicted molar refractivity (Wildman–Crippen MR) is 128 cm³/mol. The first-order valence-corrected chi connectivity index (χ1v) is 12.5. The number of carbonyl (C=O) groups is 1. The molecular formula is C26H30F4N4O4. The molecule has 0 bridgehead atoms. The minimum atomic E-state index is -3.38. The van der Waals surface area contributed by atoms with Gasteiger partial charge in [0, 0.05) is 29.9 Å². The number of aromatic nitrogens is 2. The van der Waals surface area contributed by atoms with Gasteiger partial charge >= 0.3 is 0 Å². The van der Waals surface area contributed by atoms with Crippen LogP contribution in [0.2, 0.25) is 0 Å². The van der Waals surface area contributed by atoms with E-state index in [0.29, 0.717) is 20.1 Å². The van der Waals surface area contributed by atoms with Crippen molar-refractivity contribution < 1.29 is 36.6 Å². The van der Waals surface area contributed by atoms with Gasteiger partial charge in [-0.05, 0) is 20.8 Å². The van der Waals surface area contributed by atoms with Crippen LogP contribution in [0.4, 0.5) is 23.4 Å². The van der Waals surface area contributed by atoms with Crippen molar-refractivity contribution in [2.75, 3.05) is 31.7 Å². The van der Waals surface area contributed by atoms with E-state index in [1.807, 2.05) is 6.92 Å². The van der Waals surface area contributed by atoms with Gasteiger partial charge in [-0.15, -0.1) is 0 Å². The minimum absolute atomic E-state index is 0.0361. The van der Waals surface area contributed by atoms with Crippen molar-refractivity contribution in [1.29, 1.82) is 0 Å². The molecule has 3 fully saturated rings. The number of halogens is 4. The summed E-state index contributed by atoms with van der Waals surface area (Å²) in [5, 5.41) is 5.78. The van der Waals surface area contributed by atoms with Crippen molar-refractivity contribution in [1.82, 2.24) is 15.3 Å². The van der Waals surface area contributed by atoms with Gasteiger partial charge in [0.2, 0.25) is 6.17 Å². The van der Waals surface area contributed by atoms with E-state index in [2.05, 4.69) is 20.6 Å². The smallest absolute Gasteiger partial charge is 0.273 e. The van der Waals surface area contributed by atoms with Crippen LogP contribution in [-0.2, 0) is 24.9 Å². The Hall–Kier alpha value is -2.83. The van der Waals surface area contributed by atoms with Crippen LogP contribution in [0.15, 0.2) is 18.2 Å². The Balaban J connectivity index is 1.47. The first-order chi connectivity index (χ1) is 17.9. The minimum Gasteiger partial charge on any atom is -0.381 e. The molecule has 1 amide bonds. The summed E-state index contributed by atoms with van der Waals surface area (Å²) in [6, 6.07) is 2.88. The number of ether oxygens (including phenoxy) is 3. The molecule has 2 saturated heterocycles. The lowest BCUT2D eigenvalue weighted by molar-refractivity contribution is -0.127. The number of fused-ring (bicyclic) bond motifs is 1. The molecule has 5 rings (SSSR count). The fourth-order valence-corrected chi connectivity index (χ4v) is 5.41. The highest BCUT2D eigenvalue weighted by atomic mass is 19.3. The number of benzene rings is 1. The SMILES string of the molecule is Cc1nc(N[C@H](C)c2cccc(C(C)(F)F)c2F)c(C2OCCO2)c(C(F)C(=O)NC2(C)[C@@H]3COC[C@@H]32)n1. The zero-order chi connectivity index (χ0) is 27.4. The molecule has 3 aliphatic rings. The van der Waals surface area contributed by atoms with E-state index in [0.717, 1.165) is 6.07 Å². The second-order valence-electron chi connectivity index (χ2n) is 10.3. The lowest BCUT2D eigenvalue weighted by Gasteiger charge is -2.25. The van der Waals surface area contributed by atoms with Crippen molar-refractivity contribution in [3.05, 3.63) is 52.2 Å². The fourth-order valence-electron chi connectivity index (χ4n) is 5.41. The summed E-state index contributed by atoms with van der Waals surface area (Å²) in [5.74, 6) is -4.84. The molecule has 1 aliphatic carbocycles. The number of rotatable bonds is 8. The third-order valence-electron chi connectivity index (χ3n) is 7.64. The van der Waals surface area contributed by atoms with Gasteiger partial charge in [0.15, 0.2) is 6.29 Å². The van der Waals surface area contributed by atoms with Crippen LogP contribution in [0.25, 0.3) is 0 Å². The van der Waals surface area contributed by atoms with E-state index in [1.165, 1.54) is 19.1 Å². The monoisotopic (exact) mass is 538 g/mol. The predicted octanol–water partition coefficient (Wildman–Crippen LogP) is 4.42. The molecule has 0 spiro atoms. The van der Waals surface area contributed by atoms with Gasteiger partial charge < -0.3 is 24.8 Å². The number of nitrogens with zero attached hydrogens (tertiary/aromatic N) is 2. The number of nitrogens with one attached hydrogen (secondary N) is 2. The van der Waals surface area contributed by atoms with E-state index < -0.39 is 47.3 Å². The van der Waals surface area contributed by atoms with Gasteiger partial charge in [-0.25, -0.2) is 27.5 Å². The molecule has 1 saturated carbocycles. The Morgan fingerprint density at radius 2 is 1.84 bits per heavy atom. The number of hydrogen-bond donors (Lipinski definition) is 2. The summed E-state index contributed by atoms with van der Waals surface area (Å²) in [7, 11) is 0. The molecule has 2 aromatic rings. The Morgan fingerprint density at radius 1 is 1.18 bits per heavy atom. The van der Waals surface area contributed by atoms with Crippen LogP contribution in [0, 0.1) is 24.6 Å². The van der Waals surface area contributed by atoms with E-state index in [1.54, 1.807) is 6.92 Å². The molecule has 2 unspecified atom stereocenters. The largest absolute Gasteiger partial charge is 0.381 e. The zero-order valence-electron chi connectivity index (χ0n) is 21.5. The molecule has 12 heteroatoms. The van der Waals surface area contributed by atoms with Crippen LogP contribution in [0.1, 0.15) is 67.5 Å². The number of anilines is 1. The van der Waals surface area contributed by atoms with Crippen LogP contribution in [-0.4, -0.2) is 47.8 Å². The summed E-state index contributed by atoms with van der Waals surface area (Å²) in [6.07, 6.45) is -3.25. The van der Waals surface area contributed by atoms with Crippen LogP contribution < -0.4 is 10.6 Å². The maximum atomic E-state index is 15.8. The van der Waals surface area contributed by atoms with Gasteiger partial charge in [0.05, 0.1) is 49.3 Å². The Labute approximate surface area is 217 Å². The van der Waals surface area contributed by atoms with E-state index in [-0.39, 0.29) is 53.5 Å². The summed E-state index contributed by atoms with van der Waals surface area (Å²) in [5.41, 5.74) is -1.51. The molecular weight excluding hydrogens is 508 g/mol. The van der Waals surface area contributed by atoms with Gasteiger partial charge in [0.25, 0.3) is 11.8 Å². The molecule has 1 aromatic carbocycles. The second-order valence-corrected chi connectivity index (χ2v) is 10.3. The average molecular weight is 539 g/mol. The number of hydrogen-bond acceptors (Lipinski definition) is 7. The quantitative estimate of drug-likeness (QED) is 0.481. The van der Waals surface area contributed by atoms with Gasteiger partial charge in [-0.3, -0.25) is 4.79 Å². The van der Waals surface area contributed by atoms with Gasteiger partial charge in [-0.1, -0.05) is 18.2 Å². The first kappa shape index (κ1) is 26.8. The first-order valence-electron chi connectivity index (χ1n) is 12.5. The number of alkyl halides is 3. The molecule has 2 aliphatic heterocycles. The van der Waals surface area contributed by atoms with Gasteiger partial charge in [0.1, 0.15) is 17.5 Å². The summed E-state index contributed by atoms with van der Waals surface area (Å²) >= 11 is 0. The highest BCUT2D eigenvalue weighted by molar-refractivity contribution is 5.83. The van der Waals surface area contributed by atoms with Crippen LogP contribution >= 0.6 is 0 Å². The van der Waals surface area contributed by atoms with E-state index >= 15 is 8.78 Å². The third kappa shape index (κ3) is 4.73. The Bertz CT molecular complexity index is 1220. The lowest BCUT2D eigenvalue weighted by atomic mass is 10.0. The van der Waals surface area contributed by atoms with Crippen molar-refractivity contribution in [3.8, 4) is 0 Å². The summed E-state index contributed by atoms with van der Waals surface area (Å²) in [6.45, 7) is 7.02. The van der Waals surface area contributed by atoms with E-state index in [9.17, 15) is 13.6 Å². The molecule has 38 heavy (non-hydrogen) atoms. The van der Waals surface area contributed by atoms with Crippen LogP contribution in [0.3, 0.4) is 0 Å². The highest BCUT2D eigenvalue weighted by Crippen LogP contribution is 2.54. The molecule has 1 aromatic heterocycles. The molecule has 2 N–H and O–H groups in total. The topological polar surface area (TPSA) is 94.6 Å². The zero-order valence-corrected chi connectivity index (χ0v) is 21.5. The summed E-state index contributed by atoms with van der Waals surface area (Å²) in [4.78, 5) is 21.6. The number of aryl methyl sites for hydroxylation is 1. The lowest BCUT2D eigenvalue weighted by Crippen LogP contribution is -2.41. The van der Waals surface area contributed by atoms with Crippen molar-refractivity contribution in [2.45, 2.75) is 57.7 Å². The highest BCUT2D eigenvalue weighted by Gasteiger charge is 2.65. The Morgan fingerprint density at radius 3 is 2.47 bits per heavy atom. The number of amides is 1. The normalized spacial score (nSPS) is 26.6. The molecule has 3 heterocycles. The van der Waals surface area contributed by atoms with Crippen molar-refractivity contribution in [3.63, 3.8) is 0 Å². The molecule has 8 nitrogen and oxygen atoms in total. The maximum absolute atomic E-state index is 15.8. The fraction of sp³-hybridized carbons (Fsp3) is 0.577. The van der Waals surface area contributed by atoms with Crippen LogP contribution in [0.5, 0.6) is 0 Å². The van der Waals surface area contributed by atoms with Crippen molar-refractivity contribution in [2.24, 2.45) is 11.8 Å². The molecule has 5 atom stereocenters. The maximum Gasteiger partial charge on any atom is 0.273 e. The van der Waals surface area contributed by atoms with Gasteiger partial charge in [-0.2, -0.15) is 0 Å². The molecule has 0 radical (unpaired) electrons. The standard InChI is InChI=1S/C26H30F4N4O4/c1-12(14-6-5-7-15(19(14)27)26(4,29)30)31-22-18(24-37-8-9-38-24)21(32-13(2)33-22)20(28)23(35)34-25(3)16-10-36-11-17(16)25/h5-7,12,16-17,20,24H,8-11H2,1-4H3,(H,34,35)(H,31,32,33)/t12-,16-,17+,20?,25?/m1/s1. The third-order valence-corrected chi connectivity index (χ3v) is 7.64. The second kappa shape index (κ2) is 9.73. The average Bonchev–Trinajstić information content (AvgIpc) is 3.33. The number of carbonyl (C=O) groups excluding carboxylic acids is 1. The van der Waals surface area contributed by atoms with E-state index in [4.69, 9.17) is 14.2 Å². The summed E-state index contributed by atoms with van der Waals surface area (Å²) < 4.78 is 75.3. The molecule has 206 valence electrons. The Kier molecular flexibility index (Phi) is 6.85.